The fraction of sp³-hybridized carbons (Fsp3) is 0.522. The van der Waals surface area contributed by atoms with E-state index in [4.69, 9.17) is 43.0 Å². The van der Waals surface area contributed by atoms with E-state index in [1.807, 2.05) is 0 Å². The van der Waals surface area contributed by atoms with Gasteiger partial charge in [0.25, 0.3) is 0 Å². The Balaban J connectivity index is 1.80. The van der Waals surface area contributed by atoms with E-state index in [-0.39, 0.29) is 22.8 Å². The largest absolute Gasteiger partial charge is 0.463 e. The smallest absolute Gasteiger partial charge is 0.380 e. The fourth-order valence-corrected chi connectivity index (χ4v) is 6.03. The average Bonchev–Trinajstić information content (AvgIpc) is 3.01. The van der Waals surface area contributed by atoms with Crippen LogP contribution < -0.4 is 4.52 Å². The third kappa shape index (κ3) is 6.87. The summed E-state index contributed by atoms with van der Waals surface area (Å²) >= 11 is 10.3. The molecule has 2 unspecified atom stereocenters. The van der Waals surface area contributed by atoms with Crippen molar-refractivity contribution in [2.24, 2.45) is 5.92 Å². The molecular formula is C23H30FN2O7PS2. The van der Waals surface area contributed by atoms with Crippen molar-refractivity contribution in [2.45, 2.75) is 57.9 Å². The number of hydrogen-bond acceptors (Lipinski definition) is 9. The third-order valence-electron chi connectivity index (χ3n) is 5.47. The number of esters is 1. The predicted octanol–water partition coefficient (Wildman–Crippen LogP) is 5.14. The standard InChI is InChI=1S/C23H30FN2O7PS2/c1-14(2)31-20(27)15(3)13-34(29,33-16-8-6-5-7-9-16)30-12-17-19(24)23(4,28)21(32-17)26-11-10-18(35)25-22(26)36/h5-11,14-15,17,19,21,28H,12-13H2,1-4H3,(H,25,35,36)/t15-,17-,19+,21-,23?,34?/m1/s1. The number of para-hydroxylation sites is 1. The van der Waals surface area contributed by atoms with Gasteiger partial charge in [-0.25, -0.2) is 8.96 Å². The molecule has 198 valence electrons. The van der Waals surface area contributed by atoms with E-state index in [0.717, 1.165) is 0 Å². The first-order valence-corrected chi connectivity index (χ1v) is 13.9. The van der Waals surface area contributed by atoms with E-state index in [9.17, 15) is 14.5 Å². The highest BCUT2D eigenvalue weighted by molar-refractivity contribution is 7.72. The normalized spacial score (nSPS) is 26.4. The van der Waals surface area contributed by atoms with Gasteiger partial charge < -0.3 is 24.1 Å². The molecule has 1 aromatic heterocycles. The van der Waals surface area contributed by atoms with E-state index >= 15 is 4.39 Å². The number of aliphatic hydroxyl groups is 1. The minimum Gasteiger partial charge on any atom is -0.463 e. The number of nitrogens with zero attached hydrogens (tertiary/aromatic N) is 1. The molecule has 1 aliphatic heterocycles. The number of H-pyrrole nitrogens is 1. The molecular weight excluding hydrogens is 530 g/mol. The van der Waals surface area contributed by atoms with Crippen molar-refractivity contribution >= 4 is 38.0 Å². The average molecular weight is 561 g/mol. The number of rotatable bonds is 10. The Morgan fingerprint density at radius 3 is 2.56 bits per heavy atom. The maximum Gasteiger partial charge on any atom is 0.380 e. The molecule has 9 nitrogen and oxygen atoms in total. The zero-order valence-electron chi connectivity index (χ0n) is 20.3. The molecule has 2 aromatic rings. The summed E-state index contributed by atoms with van der Waals surface area (Å²) < 4.78 is 53.2. The molecule has 2 N–H and O–H groups in total. The van der Waals surface area contributed by atoms with Crippen LogP contribution in [0.5, 0.6) is 5.75 Å². The van der Waals surface area contributed by atoms with E-state index in [2.05, 4.69) is 4.98 Å². The van der Waals surface area contributed by atoms with Crippen LogP contribution in [0.3, 0.4) is 0 Å². The lowest BCUT2D eigenvalue weighted by atomic mass is 9.98. The minimum atomic E-state index is -4.00. The van der Waals surface area contributed by atoms with Crippen molar-refractivity contribution in [3.05, 3.63) is 52.0 Å². The Labute approximate surface area is 219 Å². The molecule has 1 aromatic carbocycles. The molecule has 36 heavy (non-hydrogen) atoms. The Morgan fingerprint density at radius 1 is 1.28 bits per heavy atom. The van der Waals surface area contributed by atoms with Crippen LogP contribution in [0.25, 0.3) is 0 Å². The summed E-state index contributed by atoms with van der Waals surface area (Å²) in [5.74, 6) is -1.14. The molecule has 3 rings (SSSR count). The molecule has 0 amide bonds. The maximum absolute atomic E-state index is 15.3. The van der Waals surface area contributed by atoms with Gasteiger partial charge in [0, 0.05) is 6.20 Å². The number of alkyl halides is 1. The second-order valence-corrected chi connectivity index (χ2v) is 11.9. The van der Waals surface area contributed by atoms with Crippen LogP contribution in [-0.4, -0.2) is 57.4 Å². The molecule has 2 heterocycles. The highest BCUT2D eigenvalue weighted by Gasteiger charge is 2.55. The van der Waals surface area contributed by atoms with Gasteiger partial charge in [-0.1, -0.05) is 37.3 Å². The molecule has 0 radical (unpaired) electrons. The summed E-state index contributed by atoms with van der Waals surface area (Å²) in [5, 5.41) is 10.9. The van der Waals surface area contributed by atoms with Crippen LogP contribution >= 0.6 is 32.0 Å². The summed E-state index contributed by atoms with van der Waals surface area (Å²) in [5.41, 5.74) is -1.98. The number of carbonyl (C=O) groups excluding carboxylic acids is 1. The molecule has 13 heteroatoms. The van der Waals surface area contributed by atoms with E-state index in [1.54, 1.807) is 51.1 Å². The highest BCUT2D eigenvalue weighted by Crippen LogP contribution is 2.51. The number of aromatic amines is 1. The summed E-state index contributed by atoms with van der Waals surface area (Å²) in [4.78, 5) is 15.1. The number of benzene rings is 1. The van der Waals surface area contributed by atoms with Gasteiger partial charge in [0.1, 0.15) is 22.1 Å². The molecule has 1 saturated heterocycles. The molecule has 0 spiro atoms. The van der Waals surface area contributed by atoms with Gasteiger partial charge in [-0.15, -0.1) is 0 Å². The van der Waals surface area contributed by atoms with E-state index < -0.39 is 50.2 Å². The van der Waals surface area contributed by atoms with Crippen LogP contribution in [0.1, 0.15) is 33.9 Å². The van der Waals surface area contributed by atoms with Gasteiger partial charge in [-0.05, 0) is 51.2 Å². The second kappa shape index (κ2) is 11.6. The van der Waals surface area contributed by atoms with Gasteiger partial charge in [-0.3, -0.25) is 13.9 Å². The second-order valence-electron chi connectivity index (χ2n) is 9.05. The van der Waals surface area contributed by atoms with Crippen LogP contribution in [0.2, 0.25) is 0 Å². The lowest BCUT2D eigenvalue weighted by molar-refractivity contribution is -0.151. The first-order valence-electron chi connectivity index (χ1n) is 11.3. The van der Waals surface area contributed by atoms with E-state index in [0.29, 0.717) is 4.64 Å². The van der Waals surface area contributed by atoms with Crippen molar-refractivity contribution < 1.29 is 37.4 Å². The van der Waals surface area contributed by atoms with Gasteiger partial charge >= 0.3 is 13.6 Å². The van der Waals surface area contributed by atoms with Crippen LogP contribution in [-0.2, 0) is 23.4 Å². The molecule has 0 aliphatic carbocycles. The van der Waals surface area contributed by atoms with Crippen LogP contribution in [0.4, 0.5) is 4.39 Å². The molecule has 6 atom stereocenters. The number of halogens is 1. The molecule has 1 fully saturated rings. The number of nitrogens with one attached hydrogen (secondary N) is 1. The fourth-order valence-electron chi connectivity index (χ4n) is 3.67. The Bertz CT molecular complexity index is 1220. The Kier molecular flexibility index (Phi) is 9.24. The van der Waals surface area contributed by atoms with Crippen LogP contribution in [0.15, 0.2) is 42.6 Å². The predicted molar refractivity (Wildman–Crippen MR) is 136 cm³/mol. The summed E-state index contributed by atoms with van der Waals surface area (Å²) in [7, 11) is -4.00. The Hall–Kier alpha value is -1.95. The lowest BCUT2D eigenvalue weighted by Gasteiger charge is -2.27. The first kappa shape index (κ1) is 28.6. The van der Waals surface area contributed by atoms with Crippen LogP contribution in [0, 0.1) is 15.3 Å². The van der Waals surface area contributed by atoms with E-state index in [1.165, 1.54) is 23.8 Å². The van der Waals surface area contributed by atoms with Crippen molar-refractivity contribution in [3.8, 4) is 5.75 Å². The summed E-state index contributed by atoms with van der Waals surface area (Å²) in [6.45, 7) is 5.71. The number of hydrogen-bond donors (Lipinski definition) is 2. The summed E-state index contributed by atoms with van der Waals surface area (Å²) in [6, 6.07) is 9.82. The minimum absolute atomic E-state index is 0.136. The zero-order chi connectivity index (χ0) is 26.7. The highest BCUT2D eigenvalue weighted by atomic mass is 32.1. The summed E-state index contributed by atoms with van der Waals surface area (Å²) in [6.07, 6.45) is -3.59. The monoisotopic (exact) mass is 560 g/mol. The Morgan fingerprint density at radius 2 is 1.94 bits per heavy atom. The van der Waals surface area contributed by atoms with Crippen molar-refractivity contribution in [1.82, 2.24) is 9.55 Å². The number of aromatic nitrogens is 2. The van der Waals surface area contributed by atoms with Crippen molar-refractivity contribution in [3.63, 3.8) is 0 Å². The quantitative estimate of drug-likeness (QED) is 0.232. The first-order chi connectivity index (χ1) is 16.8. The maximum atomic E-state index is 15.3. The number of carbonyl (C=O) groups is 1. The SMILES string of the molecule is CC(C)OC(=O)[C@H](C)CP(=O)(OC[C@H]1O[C@@H](n2ccc(=S)[nH]c2=S)C(C)(O)[C@H]1F)Oc1ccccc1. The zero-order valence-corrected chi connectivity index (χ0v) is 22.9. The number of ether oxygens (including phenoxy) is 2. The van der Waals surface area contributed by atoms with Gasteiger partial charge in [-0.2, -0.15) is 0 Å². The van der Waals surface area contributed by atoms with Gasteiger partial charge in [0.15, 0.2) is 17.2 Å². The topological polar surface area (TPSA) is 112 Å². The third-order valence-corrected chi connectivity index (χ3v) is 8.04. The lowest BCUT2D eigenvalue weighted by Crippen LogP contribution is -2.42. The molecule has 0 bridgehead atoms. The van der Waals surface area contributed by atoms with Crippen molar-refractivity contribution in [2.75, 3.05) is 12.8 Å². The van der Waals surface area contributed by atoms with Gasteiger partial charge in [0.2, 0.25) is 0 Å². The molecule has 1 aliphatic rings. The molecule has 0 saturated carbocycles. The van der Waals surface area contributed by atoms with Crippen molar-refractivity contribution in [1.29, 1.82) is 0 Å². The van der Waals surface area contributed by atoms with Gasteiger partial charge in [0.05, 0.1) is 24.8 Å².